The van der Waals surface area contributed by atoms with Crippen LogP contribution < -0.4 is 0 Å². The van der Waals surface area contributed by atoms with E-state index in [-0.39, 0.29) is 36.1 Å². The Morgan fingerprint density at radius 3 is 2.40 bits per heavy atom. The lowest BCUT2D eigenvalue weighted by Crippen LogP contribution is -2.47. The van der Waals surface area contributed by atoms with E-state index < -0.39 is 23.9 Å². The topological polar surface area (TPSA) is 101 Å². The first-order chi connectivity index (χ1) is 20.7. The second kappa shape index (κ2) is 13.6. The molecule has 230 valence electrons. The molecule has 0 radical (unpaired) electrons. The largest absolute Gasteiger partial charge is 0.508 e. The van der Waals surface area contributed by atoms with Crippen LogP contribution in [-0.2, 0) is 16.1 Å². The predicted octanol–water partition coefficient (Wildman–Crippen LogP) is 5.17. The summed E-state index contributed by atoms with van der Waals surface area (Å²) in [4.78, 5) is 31.7. The Hall–Kier alpha value is -3.26. The van der Waals surface area contributed by atoms with Gasteiger partial charge in [0.05, 0.1) is 24.5 Å². The van der Waals surface area contributed by atoms with Gasteiger partial charge in [-0.25, -0.2) is 0 Å². The normalized spacial score (nSPS) is 24.7. The summed E-state index contributed by atoms with van der Waals surface area (Å²) in [6, 6.07) is 17.3. The zero-order chi connectivity index (χ0) is 30.7. The highest BCUT2D eigenvalue weighted by Gasteiger charge is 2.56. The van der Waals surface area contributed by atoms with Gasteiger partial charge < -0.3 is 15.3 Å². The monoisotopic (exact) mass is 586 g/mol. The van der Waals surface area contributed by atoms with Gasteiger partial charge in [0.1, 0.15) is 5.75 Å². The third-order valence-electron chi connectivity index (χ3n) is 9.67. The molecule has 2 heterocycles. The number of carbonyl (C=O) groups excluding carboxylic acids is 2. The Labute approximate surface area is 255 Å². The standard InChI is InChI=1S/C36H46N2O5/c1-23(2)29-20-30-34(31(22-39)33(29)32(41)13-12-24(3)18-26-10-7-11-28(40)19-26)36(43)38(35(30)42)27-14-16-37(17-15-27)21-25-8-5-4-6-9-25/h4-11,18-19,23,27,30-32,34,39-41H,12-17,20-22H2,1-3H3/b24-18+/t30-,31+,32-,34-/m1/s1. The van der Waals surface area contributed by atoms with E-state index in [1.807, 2.05) is 37.3 Å². The molecule has 2 saturated heterocycles. The zero-order valence-electron chi connectivity index (χ0n) is 25.7. The van der Waals surface area contributed by atoms with Crippen LogP contribution in [0.1, 0.15) is 64.0 Å². The number of aromatic hydroxyl groups is 1. The number of piperidine rings is 1. The third-order valence-corrected chi connectivity index (χ3v) is 9.67. The van der Waals surface area contributed by atoms with Gasteiger partial charge in [0.2, 0.25) is 11.8 Å². The van der Waals surface area contributed by atoms with Crippen LogP contribution in [-0.4, -0.2) is 68.8 Å². The number of phenols is 1. The lowest BCUT2D eigenvalue weighted by molar-refractivity contribution is -0.144. The van der Waals surface area contributed by atoms with Crippen molar-refractivity contribution in [2.45, 2.75) is 71.6 Å². The molecule has 7 heteroatoms. The average molecular weight is 587 g/mol. The van der Waals surface area contributed by atoms with Crippen LogP contribution in [0.4, 0.5) is 0 Å². The van der Waals surface area contributed by atoms with Crippen molar-refractivity contribution in [2.24, 2.45) is 23.7 Å². The van der Waals surface area contributed by atoms with Crippen molar-refractivity contribution >= 4 is 17.9 Å². The molecule has 0 bridgehead atoms. The lowest BCUT2D eigenvalue weighted by atomic mass is 9.66. The Balaban J connectivity index is 1.29. The van der Waals surface area contributed by atoms with Crippen molar-refractivity contribution in [3.8, 4) is 5.75 Å². The number of amides is 2. The molecule has 7 nitrogen and oxygen atoms in total. The summed E-state index contributed by atoms with van der Waals surface area (Å²) in [5, 5.41) is 32.0. The van der Waals surface area contributed by atoms with Crippen LogP contribution in [0, 0.1) is 23.7 Å². The van der Waals surface area contributed by atoms with E-state index in [1.54, 1.807) is 18.2 Å². The summed E-state index contributed by atoms with van der Waals surface area (Å²) in [7, 11) is 0. The first-order valence-corrected chi connectivity index (χ1v) is 15.8. The number of phenolic OH excluding ortho intramolecular Hbond substituents is 1. The fraction of sp³-hybridized carbons (Fsp3) is 0.500. The third kappa shape index (κ3) is 6.79. The van der Waals surface area contributed by atoms with Gasteiger partial charge in [0.15, 0.2) is 0 Å². The highest BCUT2D eigenvalue weighted by molar-refractivity contribution is 6.06. The summed E-state index contributed by atoms with van der Waals surface area (Å²) < 4.78 is 0. The maximum atomic E-state index is 14.0. The lowest BCUT2D eigenvalue weighted by Gasteiger charge is -2.38. The summed E-state index contributed by atoms with van der Waals surface area (Å²) in [5.41, 5.74) is 4.97. The number of fused-ring (bicyclic) bond motifs is 1. The molecule has 2 aromatic rings. The Morgan fingerprint density at radius 2 is 1.74 bits per heavy atom. The van der Waals surface area contributed by atoms with Crippen molar-refractivity contribution in [3.05, 3.63) is 82.4 Å². The first-order valence-electron chi connectivity index (χ1n) is 15.8. The number of hydrogen-bond acceptors (Lipinski definition) is 6. The maximum Gasteiger partial charge on any atom is 0.234 e. The van der Waals surface area contributed by atoms with E-state index in [2.05, 4.69) is 30.9 Å². The number of hydrogen-bond donors (Lipinski definition) is 3. The number of nitrogens with zero attached hydrogens (tertiary/aromatic N) is 2. The first kappa shape index (κ1) is 31.2. The van der Waals surface area contributed by atoms with Gasteiger partial charge in [-0.05, 0) is 73.8 Å². The number of likely N-dealkylation sites (tertiary alicyclic amines) is 2. The molecular formula is C36H46N2O5. The van der Waals surface area contributed by atoms with Crippen molar-refractivity contribution in [1.82, 2.24) is 9.80 Å². The highest BCUT2D eigenvalue weighted by Crippen LogP contribution is 2.49. The molecular weight excluding hydrogens is 540 g/mol. The summed E-state index contributed by atoms with van der Waals surface area (Å²) in [6.07, 6.45) is 4.20. The number of aliphatic hydroxyl groups excluding tert-OH is 2. The van der Waals surface area contributed by atoms with Crippen molar-refractivity contribution in [2.75, 3.05) is 19.7 Å². The molecule has 2 amide bonds. The SMILES string of the molecule is C/C(=C\c1cccc(O)c1)CC[C@@H](O)C1=C(C(C)C)C[C@H]2C(=O)N(C3CCN(Cc4ccccc4)CC3)C(=O)[C@H]2[C@H]1CO. The minimum atomic E-state index is -0.818. The average Bonchev–Trinajstić information content (AvgIpc) is 3.25. The van der Waals surface area contributed by atoms with Gasteiger partial charge >= 0.3 is 0 Å². The van der Waals surface area contributed by atoms with Crippen molar-refractivity contribution < 1.29 is 24.9 Å². The number of allylic oxidation sites excluding steroid dienone is 2. The molecule has 0 saturated carbocycles. The molecule has 43 heavy (non-hydrogen) atoms. The van der Waals surface area contributed by atoms with Crippen LogP contribution in [0.3, 0.4) is 0 Å². The van der Waals surface area contributed by atoms with E-state index >= 15 is 0 Å². The smallest absolute Gasteiger partial charge is 0.234 e. The fourth-order valence-corrected chi connectivity index (χ4v) is 7.50. The number of rotatable bonds is 10. The van der Waals surface area contributed by atoms with Gasteiger partial charge in [0, 0.05) is 31.6 Å². The van der Waals surface area contributed by atoms with E-state index in [9.17, 15) is 24.9 Å². The predicted molar refractivity (Wildman–Crippen MR) is 168 cm³/mol. The van der Waals surface area contributed by atoms with Crippen LogP contribution in [0.5, 0.6) is 5.75 Å². The highest BCUT2D eigenvalue weighted by atomic mass is 16.3. The van der Waals surface area contributed by atoms with Crippen molar-refractivity contribution in [3.63, 3.8) is 0 Å². The molecule has 0 spiro atoms. The Bertz CT molecular complexity index is 1360. The molecule has 2 aromatic carbocycles. The molecule has 2 fully saturated rings. The van der Waals surface area contributed by atoms with Gasteiger partial charge in [-0.15, -0.1) is 0 Å². The molecule has 1 aliphatic carbocycles. The summed E-state index contributed by atoms with van der Waals surface area (Å²) in [6.45, 7) is 8.35. The summed E-state index contributed by atoms with van der Waals surface area (Å²) >= 11 is 0. The second-order valence-electron chi connectivity index (χ2n) is 12.9. The fourth-order valence-electron chi connectivity index (χ4n) is 7.50. The van der Waals surface area contributed by atoms with E-state index in [4.69, 9.17) is 0 Å². The molecule has 0 aromatic heterocycles. The molecule has 2 aliphatic heterocycles. The van der Waals surface area contributed by atoms with Gasteiger partial charge in [-0.3, -0.25) is 19.4 Å². The molecule has 3 N–H and O–H groups in total. The Kier molecular flexibility index (Phi) is 9.85. The Morgan fingerprint density at radius 1 is 1.02 bits per heavy atom. The minimum absolute atomic E-state index is 0.0850. The van der Waals surface area contributed by atoms with E-state index in [0.29, 0.717) is 19.3 Å². The number of aliphatic hydroxyl groups is 2. The summed E-state index contributed by atoms with van der Waals surface area (Å²) in [5.74, 6) is -1.67. The molecule has 5 rings (SSSR count). The van der Waals surface area contributed by atoms with Crippen LogP contribution in [0.2, 0.25) is 0 Å². The van der Waals surface area contributed by atoms with Crippen LogP contribution in [0.25, 0.3) is 6.08 Å². The number of carbonyl (C=O) groups is 2. The van der Waals surface area contributed by atoms with Crippen LogP contribution >= 0.6 is 0 Å². The van der Waals surface area contributed by atoms with Crippen molar-refractivity contribution in [1.29, 1.82) is 0 Å². The van der Waals surface area contributed by atoms with E-state index in [0.717, 1.165) is 54.8 Å². The van der Waals surface area contributed by atoms with Crippen LogP contribution in [0.15, 0.2) is 71.3 Å². The molecule has 3 aliphatic rings. The second-order valence-corrected chi connectivity index (χ2v) is 12.9. The van der Waals surface area contributed by atoms with Gasteiger partial charge in [-0.1, -0.05) is 73.5 Å². The maximum absolute atomic E-state index is 14.0. The quantitative estimate of drug-likeness (QED) is 0.263. The zero-order valence-corrected chi connectivity index (χ0v) is 25.7. The minimum Gasteiger partial charge on any atom is -0.508 e. The number of benzene rings is 2. The van der Waals surface area contributed by atoms with Gasteiger partial charge in [-0.2, -0.15) is 0 Å². The van der Waals surface area contributed by atoms with Gasteiger partial charge in [0.25, 0.3) is 0 Å². The molecule has 0 unspecified atom stereocenters. The van der Waals surface area contributed by atoms with E-state index in [1.165, 1.54) is 10.5 Å². The number of imide groups is 1. The molecule has 4 atom stereocenters.